The van der Waals surface area contributed by atoms with Gasteiger partial charge in [0.15, 0.2) is 0 Å². The maximum Gasteiger partial charge on any atom is 0.320 e. The molecule has 3 nitrogen and oxygen atoms in total. The summed E-state index contributed by atoms with van der Waals surface area (Å²) >= 11 is 1.97. The van der Waals surface area contributed by atoms with Crippen molar-refractivity contribution in [3.63, 3.8) is 0 Å². The van der Waals surface area contributed by atoms with E-state index >= 15 is 0 Å². The Balaban J connectivity index is 1.73. The van der Waals surface area contributed by atoms with Crippen molar-refractivity contribution in [3.05, 3.63) is 0 Å². The smallest absolute Gasteiger partial charge is 0.320 e. The molecule has 0 radical (unpaired) electrons. The zero-order valence-corrected chi connectivity index (χ0v) is 9.05. The average Bonchev–Trinajstić information content (AvgIpc) is 2.82. The Morgan fingerprint density at radius 3 is 2.79 bits per heavy atom. The lowest BCUT2D eigenvalue weighted by Gasteiger charge is -2.16. The Morgan fingerprint density at radius 2 is 2.29 bits per heavy atom. The van der Waals surface area contributed by atoms with E-state index in [9.17, 15) is 4.79 Å². The summed E-state index contributed by atoms with van der Waals surface area (Å²) in [5.74, 6) is 0.974. The van der Waals surface area contributed by atoms with Crippen molar-refractivity contribution in [2.45, 2.75) is 37.0 Å². The molecule has 0 aromatic rings. The van der Waals surface area contributed by atoms with E-state index in [1.807, 2.05) is 11.8 Å². The van der Waals surface area contributed by atoms with Gasteiger partial charge in [0, 0.05) is 11.8 Å². The predicted molar refractivity (Wildman–Crippen MR) is 57.6 cm³/mol. The van der Waals surface area contributed by atoms with Gasteiger partial charge in [0.05, 0.1) is 0 Å². The lowest BCUT2D eigenvalue weighted by Crippen LogP contribution is -2.41. The summed E-state index contributed by atoms with van der Waals surface area (Å²) in [5.41, 5.74) is 0. The molecule has 0 spiro atoms. The quantitative estimate of drug-likeness (QED) is 0.726. The SMILES string of the molecule is O=C(O)C(NCC1CCCS1)C1CC1. The molecule has 2 aliphatic rings. The van der Waals surface area contributed by atoms with Crippen LogP contribution in [0.15, 0.2) is 0 Å². The third-order valence-electron chi connectivity index (χ3n) is 2.95. The van der Waals surface area contributed by atoms with Crippen LogP contribution in [-0.2, 0) is 4.79 Å². The summed E-state index contributed by atoms with van der Waals surface area (Å²) < 4.78 is 0. The molecule has 80 valence electrons. The molecule has 0 bridgehead atoms. The summed E-state index contributed by atoms with van der Waals surface area (Å²) in [6, 6.07) is -0.281. The number of nitrogens with one attached hydrogen (secondary N) is 1. The number of carbonyl (C=O) groups is 1. The fourth-order valence-corrected chi connectivity index (χ4v) is 3.16. The van der Waals surface area contributed by atoms with Crippen LogP contribution in [0.1, 0.15) is 25.7 Å². The second-order valence-electron chi connectivity index (χ2n) is 4.20. The van der Waals surface area contributed by atoms with Crippen LogP contribution in [0.5, 0.6) is 0 Å². The van der Waals surface area contributed by atoms with Crippen LogP contribution >= 0.6 is 11.8 Å². The summed E-state index contributed by atoms with van der Waals surface area (Å²) in [6.07, 6.45) is 4.70. The van der Waals surface area contributed by atoms with Crippen LogP contribution in [0, 0.1) is 5.92 Å². The Labute approximate surface area is 88.6 Å². The highest BCUT2D eigenvalue weighted by Crippen LogP contribution is 2.33. The van der Waals surface area contributed by atoms with Crippen molar-refractivity contribution in [1.82, 2.24) is 5.32 Å². The monoisotopic (exact) mass is 215 g/mol. The summed E-state index contributed by atoms with van der Waals surface area (Å²) in [6.45, 7) is 0.873. The minimum atomic E-state index is -0.671. The van der Waals surface area contributed by atoms with Crippen LogP contribution in [-0.4, -0.2) is 34.7 Å². The van der Waals surface area contributed by atoms with E-state index in [1.54, 1.807) is 0 Å². The van der Waals surface area contributed by atoms with Gasteiger partial charge in [0.1, 0.15) is 6.04 Å². The Morgan fingerprint density at radius 1 is 1.50 bits per heavy atom. The van der Waals surface area contributed by atoms with Crippen LogP contribution in [0.4, 0.5) is 0 Å². The van der Waals surface area contributed by atoms with Gasteiger partial charge in [-0.3, -0.25) is 4.79 Å². The highest BCUT2D eigenvalue weighted by Gasteiger charge is 2.36. The Bertz CT molecular complexity index is 212. The Kier molecular flexibility index (Phi) is 3.34. The van der Waals surface area contributed by atoms with Crippen molar-refractivity contribution in [2.24, 2.45) is 5.92 Å². The topological polar surface area (TPSA) is 49.3 Å². The first-order valence-corrected chi connectivity index (χ1v) is 6.40. The number of aliphatic carboxylic acids is 1. The summed E-state index contributed by atoms with van der Waals surface area (Å²) in [5, 5.41) is 12.8. The van der Waals surface area contributed by atoms with E-state index in [0.29, 0.717) is 11.2 Å². The molecule has 4 heteroatoms. The van der Waals surface area contributed by atoms with Crippen LogP contribution < -0.4 is 5.32 Å². The van der Waals surface area contributed by atoms with E-state index in [0.717, 1.165) is 19.4 Å². The predicted octanol–water partition coefficient (Wildman–Crippen LogP) is 1.33. The van der Waals surface area contributed by atoms with Gasteiger partial charge in [-0.05, 0) is 37.4 Å². The number of carboxylic acids is 1. The van der Waals surface area contributed by atoms with Gasteiger partial charge in [-0.25, -0.2) is 0 Å². The highest BCUT2D eigenvalue weighted by atomic mass is 32.2. The maximum atomic E-state index is 10.9. The lowest BCUT2D eigenvalue weighted by atomic mass is 10.1. The molecule has 2 unspecified atom stereocenters. The third-order valence-corrected chi connectivity index (χ3v) is 4.35. The zero-order chi connectivity index (χ0) is 9.97. The van der Waals surface area contributed by atoms with E-state index in [1.165, 1.54) is 18.6 Å². The largest absolute Gasteiger partial charge is 0.480 e. The second kappa shape index (κ2) is 4.53. The third kappa shape index (κ3) is 2.64. The number of hydrogen-bond donors (Lipinski definition) is 2. The van der Waals surface area contributed by atoms with Gasteiger partial charge < -0.3 is 10.4 Å². The first-order valence-electron chi connectivity index (χ1n) is 5.35. The molecule has 1 heterocycles. The highest BCUT2D eigenvalue weighted by molar-refractivity contribution is 8.00. The maximum absolute atomic E-state index is 10.9. The van der Waals surface area contributed by atoms with Crippen molar-refractivity contribution in [2.75, 3.05) is 12.3 Å². The fourth-order valence-electron chi connectivity index (χ4n) is 1.95. The number of hydrogen-bond acceptors (Lipinski definition) is 3. The van der Waals surface area contributed by atoms with Gasteiger partial charge >= 0.3 is 5.97 Å². The van der Waals surface area contributed by atoms with Gasteiger partial charge in [0.25, 0.3) is 0 Å². The van der Waals surface area contributed by atoms with Gasteiger partial charge in [0.2, 0.25) is 0 Å². The molecule has 1 saturated heterocycles. The molecule has 14 heavy (non-hydrogen) atoms. The molecule has 2 atom stereocenters. The molecule has 2 fully saturated rings. The molecular weight excluding hydrogens is 198 g/mol. The number of thioether (sulfide) groups is 1. The minimum absolute atomic E-state index is 0.281. The van der Waals surface area contributed by atoms with Crippen molar-refractivity contribution >= 4 is 17.7 Å². The summed E-state index contributed by atoms with van der Waals surface area (Å²) in [4.78, 5) is 10.9. The van der Waals surface area contributed by atoms with E-state index in [2.05, 4.69) is 5.32 Å². The average molecular weight is 215 g/mol. The van der Waals surface area contributed by atoms with E-state index in [4.69, 9.17) is 5.11 Å². The number of carboxylic acid groups (broad SMARTS) is 1. The normalized spacial score (nSPS) is 29.0. The van der Waals surface area contributed by atoms with Gasteiger partial charge in [-0.2, -0.15) is 11.8 Å². The molecule has 0 aromatic heterocycles. The fraction of sp³-hybridized carbons (Fsp3) is 0.900. The molecule has 2 N–H and O–H groups in total. The molecule has 0 amide bonds. The van der Waals surface area contributed by atoms with Crippen LogP contribution in [0.3, 0.4) is 0 Å². The van der Waals surface area contributed by atoms with Crippen LogP contribution in [0.25, 0.3) is 0 Å². The van der Waals surface area contributed by atoms with Gasteiger partial charge in [-0.15, -0.1) is 0 Å². The van der Waals surface area contributed by atoms with Crippen LogP contribution in [0.2, 0.25) is 0 Å². The number of rotatable bonds is 5. The van der Waals surface area contributed by atoms with Gasteiger partial charge in [-0.1, -0.05) is 0 Å². The lowest BCUT2D eigenvalue weighted by molar-refractivity contribution is -0.140. The van der Waals surface area contributed by atoms with Crippen molar-refractivity contribution < 1.29 is 9.90 Å². The molecule has 1 saturated carbocycles. The second-order valence-corrected chi connectivity index (χ2v) is 5.60. The minimum Gasteiger partial charge on any atom is -0.480 e. The van der Waals surface area contributed by atoms with E-state index < -0.39 is 5.97 Å². The van der Waals surface area contributed by atoms with E-state index in [-0.39, 0.29) is 6.04 Å². The van der Waals surface area contributed by atoms with Crippen molar-refractivity contribution in [1.29, 1.82) is 0 Å². The molecule has 2 rings (SSSR count). The van der Waals surface area contributed by atoms with Crippen molar-refractivity contribution in [3.8, 4) is 0 Å². The molecule has 1 aliphatic heterocycles. The first kappa shape index (κ1) is 10.3. The zero-order valence-electron chi connectivity index (χ0n) is 8.24. The molecule has 0 aromatic carbocycles. The Hall–Kier alpha value is -0.220. The molecular formula is C10H17NO2S. The first-order chi connectivity index (χ1) is 6.77. The summed E-state index contributed by atoms with van der Waals surface area (Å²) in [7, 11) is 0. The standard InChI is InChI=1S/C10H17NO2S/c12-10(13)9(7-3-4-7)11-6-8-2-1-5-14-8/h7-9,11H,1-6H2,(H,12,13). The molecule has 1 aliphatic carbocycles.